The van der Waals surface area contributed by atoms with Gasteiger partial charge in [-0.2, -0.15) is 8.78 Å². The van der Waals surface area contributed by atoms with E-state index in [1.54, 1.807) is 36.1 Å². The van der Waals surface area contributed by atoms with Gasteiger partial charge in [-0.15, -0.1) is 10.2 Å². The summed E-state index contributed by atoms with van der Waals surface area (Å²) in [5.41, 5.74) is 0.724. The number of rotatable bonds is 8. The number of anilines is 1. The Morgan fingerprint density at radius 2 is 2.05 bits per heavy atom. The van der Waals surface area contributed by atoms with Crippen molar-refractivity contribution in [3.63, 3.8) is 0 Å². The average Bonchev–Trinajstić information content (AvgIpc) is 3.53. The molecular weight excluding hydrogens is 490 g/mol. The lowest BCUT2D eigenvalue weighted by Crippen LogP contribution is -2.30. The van der Waals surface area contributed by atoms with Crippen molar-refractivity contribution in [2.75, 3.05) is 19.0 Å². The molecule has 1 atom stereocenters. The number of hydrogen-bond donors (Lipinski definition) is 3. The summed E-state index contributed by atoms with van der Waals surface area (Å²) in [5, 5.41) is 20.7. The molecule has 1 aromatic carbocycles. The van der Waals surface area contributed by atoms with Crippen molar-refractivity contribution in [3.05, 3.63) is 77.9 Å². The van der Waals surface area contributed by atoms with Crippen LogP contribution in [0.3, 0.4) is 0 Å². The van der Waals surface area contributed by atoms with E-state index in [0.717, 1.165) is 22.9 Å². The first-order valence-electron chi connectivity index (χ1n) is 11.2. The summed E-state index contributed by atoms with van der Waals surface area (Å²) in [6.45, 7) is -0.911. The van der Waals surface area contributed by atoms with Crippen molar-refractivity contribution in [1.29, 1.82) is 5.41 Å². The highest BCUT2D eigenvalue weighted by atomic mass is 19.3. The van der Waals surface area contributed by atoms with Crippen LogP contribution in [0.15, 0.2) is 60.7 Å². The highest BCUT2D eigenvalue weighted by Gasteiger charge is 2.45. The van der Waals surface area contributed by atoms with Crippen LogP contribution in [0.1, 0.15) is 17.4 Å². The van der Waals surface area contributed by atoms with Crippen LogP contribution in [0, 0.1) is 11.2 Å². The third-order valence-corrected chi connectivity index (χ3v) is 5.98. The minimum absolute atomic E-state index is 0.0411. The van der Waals surface area contributed by atoms with Crippen LogP contribution in [0.2, 0.25) is 0 Å². The second-order valence-corrected chi connectivity index (χ2v) is 8.23. The molecule has 9 nitrogen and oxygen atoms in total. The number of fused-ring (bicyclic) bond motifs is 3. The molecule has 3 aromatic heterocycles. The van der Waals surface area contributed by atoms with Gasteiger partial charge >= 0.3 is 5.92 Å². The van der Waals surface area contributed by atoms with Gasteiger partial charge in [-0.05, 0) is 30.3 Å². The molecular formula is C24H21F4N9. The van der Waals surface area contributed by atoms with Gasteiger partial charge < -0.3 is 20.6 Å². The molecule has 4 aromatic rings. The van der Waals surface area contributed by atoms with E-state index in [4.69, 9.17) is 5.41 Å². The molecule has 13 heteroatoms. The number of alkyl halides is 3. The second kappa shape index (κ2) is 9.48. The molecule has 0 saturated heterocycles. The van der Waals surface area contributed by atoms with Crippen LogP contribution in [-0.2, 0) is 12.5 Å². The van der Waals surface area contributed by atoms with Crippen molar-refractivity contribution >= 4 is 12.2 Å². The van der Waals surface area contributed by atoms with Crippen molar-refractivity contribution in [2.24, 2.45) is 0 Å². The summed E-state index contributed by atoms with van der Waals surface area (Å²) >= 11 is 0. The van der Waals surface area contributed by atoms with Gasteiger partial charge in [0.05, 0.1) is 23.0 Å². The van der Waals surface area contributed by atoms with Gasteiger partial charge in [-0.25, -0.2) is 18.7 Å². The fourth-order valence-electron chi connectivity index (χ4n) is 4.25. The van der Waals surface area contributed by atoms with E-state index >= 15 is 8.78 Å². The summed E-state index contributed by atoms with van der Waals surface area (Å²) in [7, 11) is 1.68. The molecule has 4 heterocycles. The van der Waals surface area contributed by atoms with Crippen molar-refractivity contribution in [1.82, 2.24) is 34.6 Å². The molecule has 5 rings (SSSR count). The van der Waals surface area contributed by atoms with Crippen LogP contribution in [0.4, 0.5) is 23.5 Å². The molecule has 1 aliphatic heterocycles. The number of benzene rings is 1. The lowest BCUT2D eigenvalue weighted by Gasteiger charge is -2.28. The van der Waals surface area contributed by atoms with E-state index in [1.165, 1.54) is 18.2 Å². The molecule has 190 valence electrons. The quantitative estimate of drug-likeness (QED) is 0.243. The zero-order valence-electron chi connectivity index (χ0n) is 19.5. The SMILES string of the molecule is CN/C(=C\C=N)Nc1nccc(-c2cc3n(c2)C[C@H](CF)n2c-3nnc2C(F)(F)c2ccccc2F)n1. The smallest absolute Gasteiger partial charge is 0.334 e. The summed E-state index contributed by atoms with van der Waals surface area (Å²) in [6.07, 6.45) is 5.86. The zero-order valence-corrected chi connectivity index (χ0v) is 19.5. The predicted molar refractivity (Wildman–Crippen MR) is 128 cm³/mol. The molecule has 0 unspecified atom stereocenters. The van der Waals surface area contributed by atoms with Crippen molar-refractivity contribution < 1.29 is 17.6 Å². The minimum Gasteiger partial charge on any atom is -0.375 e. The third kappa shape index (κ3) is 4.21. The molecule has 0 fully saturated rings. The summed E-state index contributed by atoms with van der Waals surface area (Å²) in [4.78, 5) is 8.64. The van der Waals surface area contributed by atoms with Gasteiger partial charge in [-0.3, -0.25) is 4.57 Å². The first-order valence-corrected chi connectivity index (χ1v) is 11.2. The van der Waals surface area contributed by atoms with E-state index in [2.05, 4.69) is 30.8 Å². The van der Waals surface area contributed by atoms with Gasteiger partial charge in [-0.1, -0.05) is 12.1 Å². The minimum atomic E-state index is -3.83. The fraction of sp³-hybridized carbons (Fsp3) is 0.208. The normalized spacial score (nSPS) is 15.2. The van der Waals surface area contributed by atoms with Gasteiger partial charge in [0.1, 0.15) is 18.3 Å². The molecule has 0 saturated carbocycles. The molecule has 0 spiro atoms. The molecule has 0 radical (unpaired) electrons. The third-order valence-electron chi connectivity index (χ3n) is 5.98. The first kappa shape index (κ1) is 24.2. The molecule has 0 amide bonds. The maximum absolute atomic E-state index is 15.4. The Balaban J connectivity index is 1.55. The molecule has 0 aliphatic carbocycles. The molecule has 3 N–H and O–H groups in total. The summed E-state index contributed by atoms with van der Waals surface area (Å²) < 4.78 is 62.0. The van der Waals surface area contributed by atoms with Gasteiger partial charge in [0.25, 0.3) is 0 Å². The van der Waals surface area contributed by atoms with E-state index in [0.29, 0.717) is 22.8 Å². The van der Waals surface area contributed by atoms with Gasteiger partial charge in [0.15, 0.2) is 5.82 Å². The molecule has 0 bridgehead atoms. The van der Waals surface area contributed by atoms with Crippen LogP contribution in [-0.4, -0.2) is 49.2 Å². The lowest BCUT2D eigenvalue weighted by molar-refractivity contribution is 0.0221. The number of nitrogens with zero attached hydrogens (tertiary/aromatic N) is 6. The highest BCUT2D eigenvalue weighted by molar-refractivity contribution is 5.70. The number of hydrogen-bond acceptors (Lipinski definition) is 7. The van der Waals surface area contributed by atoms with Crippen LogP contribution < -0.4 is 10.6 Å². The van der Waals surface area contributed by atoms with Crippen LogP contribution >= 0.6 is 0 Å². The van der Waals surface area contributed by atoms with E-state index in [1.807, 2.05) is 0 Å². The molecule has 37 heavy (non-hydrogen) atoms. The molecule has 1 aliphatic rings. The van der Waals surface area contributed by atoms with E-state index in [9.17, 15) is 8.78 Å². The number of aromatic nitrogens is 6. The Hall–Kier alpha value is -4.55. The highest BCUT2D eigenvalue weighted by Crippen LogP contribution is 2.41. The van der Waals surface area contributed by atoms with Gasteiger partial charge in [0.2, 0.25) is 11.8 Å². The largest absolute Gasteiger partial charge is 0.375 e. The topological polar surface area (TPSA) is 109 Å². The first-order chi connectivity index (χ1) is 17.9. The van der Waals surface area contributed by atoms with Crippen LogP contribution in [0.25, 0.3) is 22.8 Å². The zero-order chi connectivity index (χ0) is 26.2. The average molecular weight is 511 g/mol. The monoisotopic (exact) mass is 511 g/mol. The van der Waals surface area contributed by atoms with Gasteiger partial charge in [0, 0.05) is 37.8 Å². The standard InChI is InChI=1S/C24H21F4N9/c1-30-20(6-8-29)33-23-31-9-7-18(32-23)14-10-19-21-34-35-22(37(21)15(11-25)13-36(19)12-14)24(27,28)16-4-2-3-5-17(16)26/h2-10,12,15,29-30H,11,13H2,1H3,(H,31,32,33)/b20-6+,29-8?/t15-/m0/s1. The van der Waals surface area contributed by atoms with E-state index in [-0.39, 0.29) is 18.3 Å². The Labute approximate surface area is 208 Å². The predicted octanol–water partition coefficient (Wildman–Crippen LogP) is 4.13. The number of allylic oxidation sites excluding steroid dienone is 1. The fourth-order valence-corrected chi connectivity index (χ4v) is 4.25. The Bertz CT molecular complexity index is 1490. The Kier molecular flexibility index (Phi) is 6.19. The number of halogens is 4. The van der Waals surface area contributed by atoms with Crippen LogP contribution in [0.5, 0.6) is 0 Å². The number of nitrogens with one attached hydrogen (secondary N) is 3. The maximum atomic E-state index is 15.4. The van der Waals surface area contributed by atoms with Crippen molar-refractivity contribution in [2.45, 2.75) is 18.5 Å². The maximum Gasteiger partial charge on any atom is 0.334 e. The van der Waals surface area contributed by atoms with E-state index < -0.39 is 35.8 Å². The second-order valence-electron chi connectivity index (χ2n) is 8.23. The summed E-state index contributed by atoms with van der Waals surface area (Å²) in [6, 6.07) is 6.87. The lowest BCUT2D eigenvalue weighted by atomic mass is 10.1. The van der Waals surface area contributed by atoms with Crippen molar-refractivity contribution in [3.8, 4) is 22.8 Å². The Morgan fingerprint density at radius 3 is 2.78 bits per heavy atom. The summed E-state index contributed by atoms with van der Waals surface area (Å²) in [5.74, 6) is -4.93. The Morgan fingerprint density at radius 1 is 1.24 bits per heavy atom.